The SMILES string of the molecule is COC(=O)C1=CC=C(c2ccc3c(c2)C(c2ccccc2)=CCC3(C)C)CC1=C=O. The van der Waals surface area contributed by atoms with E-state index in [-0.39, 0.29) is 11.0 Å². The molecule has 3 heteroatoms. The van der Waals surface area contributed by atoms with Crippen LogP contribution in [-0.4, -0.2) is 19.0 Å². The molecule has 150 valence electrons. The van der Waals surface area contributed by atoms with Gasteiger partial charge in [-0.1, -0.05) is 68.5 Å². The molecule has 30 heavy (non-hydrogen) atoms. The molecule has 2 aliphatic carbocycles. The predicted octanol–water partition coefficient (Wildman–Crippen LogP) is 5.44. The van der Waals surface area contributed by atoms with Crippen molar-refractivity contribution in [2.24, 2.45) is 0 Å². The first-order valence-electron chi connectivity index (χ1n) is 10.1. The lowest BCUT2D eigenvalue weighted by atomic mass is 9.71. The van der Waals surface area contributed by atoms with Crippen LogP contribution in [0.4, 0.5) is 0 Å². The minimum atomic E-state index is -0.509. The monoisotopic (exact) mass is 396 g/mol. The molecule has 0 heterocycles. The first-order valence-corrected chi connectivity index (χ1v) is 10.1. The molecule has 0 saturated heterocycles. The van der Waals surface area contributed by atoms with E-state index >= 15 is 0 Å². The Morgan fingerprint density at radius 1 is 1.03 bits per heavy atom. The lowest BCUT2D eigenvalue weighted by Crippen LogP contribution is -2.22. The number of ether oxygens (including phenoxy) is 1. The first kappa shape index (κ1) is 19.9. The third kappa shape index (κ3) is 3.49. The summed E-state index contributed by atoms with van der Waals surface area (Å²) in [6, 6.07) is 16.9. The molecule has 0 unspecified atom stereocenters. The van der Waals surface area contributed by atoms with Gasteiger partial charge in [-0.3, -0.25) is 0 Å². The predicted molar refractivity (Wildman–Crippen MR) is 120 cm³/mol. The molecule has 0 aliphatic heterocycles. The van der Waals surface area contributed by atoms with E-state index in [9.17, 15) is 9.59 Å². The summed E-state index contributed by atoms with van der Waals surface area (Å²) >= 11 is 0. The molecule has 4 rings (SSSR count). The first-order chi connectivity index (χ1) is 14.4. The maximum Gasteiger partial charge on any atom is 0.338 e. The van der Waals surface area contributed by atoms with Gasteiger partial charge >= 0.3 is 5.97 Å². The highest BCUT2D eigenvalue weighted by molar-refractivity contribution is 5.99. The fourth-order valence-electron chi connectivity index (χ4n) is 4.24. The molecular weight excluding hydrogens is 372 g/mol. The van der Waals surface area contributed by atoms with Crippen LogP contribution in [0.1, 0.15) is 48.9 Å². The maximum absolute atomic E-state index is 11.9. The van der Waals surface area contributed by atoms with Crippen molar-refractivity contribution >= 4 is 23.1 Å². The number of esters is 1. The molecule has 0 atom stereocenters. The number of carbonyl (C=O) groups is 1. The van der Waals surface area contributed by atoms with Crippen molar-refractivity contribution in [2.45, 2.75) is 32.1 Å². The summed E-state index contributed by atoms with van der Waals surface area (Å²) in [5.74, 6) is 1.42. The zero-order valence-corrected chi connectivity index (χ0v) is 17.5. The summed E-state index contributed by atoms with van der Waals surface area (Å²) in [5, 5.41) is 0. The molecule has 2 aliphatic rings. The molecular formula is C27H24O3. The Balaban J connectivity index is 1.81. The molecule has 0 aromatic heterocycles. The highest BCUT2D eigenvalue weighted by Crippen LogP contribution is 2.43. The van der Waals surface area contributed by atoms with Crippen molar-refractivity contribution in [1.82, 2.24) is 0 Å². The van der Waals surface area contributed by atoms with Crippen molar-refractivity contribution in [3.63, 3.8) is 0 Å². The molecule has 0 amide bonds. The van der Waals surface area contributed by atoms with Crippen molar-refractivity contribution in [3.05, 3.63) is 100 Å². The van der Waals surface area contributed by atoms with Crippen LogP contribution in [0.5, 0.6) is 0 Å². The van der Waals surface area contributed by atoms with E-state index in [2.05, 4.69) is 62.4 Å². The van der Waals surface area contributed by atoms with E-state index in [0.717, 1.165) is 17.6 Å². The quantitative estimate of drug-likeness (QED) is 0.512. The van der Waals surface area contributed by atoms with Gasteiger partial charge in [0.15, 0.2) is 0 Å². The van der Waals surface area contributed by atoms with Crippen molar-refractivity contribution in [3.8, 4) is 0 Å². The molecule has 2 aromatic rings. The number of hydrogen-bond acceptors (Lipinski definition) is 3. The van der Waals surface area contributed by atoms with Gasteiger partial charge in [0.05, 0.1) is 18.3 Å². The maximum atomic E-state index is 11.9. The van der Waals surface area contributed by atoms with E-state index in [1.807, 2.05) is 18.1 Å². The summed E-state index contributed by atoms with van der Waals surface area (Å²) in [7, 11) is 1.31. The van der Waals surface area contributed by atoms with Gasteiger partial charge < -0.3 is 4.74 Å². The van der Waals surface area contributed by atoms with E-state index in [4.69, 9.17) is 4.74 Å². The number of benzene rings is 2. The van der Waals surface area contributed by atoms with Crippen LogP contribution in [-0.2, 0) is 19.7 Å². The van der Waals surface area contributed by atoms with E-state index in [0.29, 0.717) is 12.0 Å². The Labute approximate surface area is 177 Å². The Kier molecular flexibility index (Phi) is 5.15. The number of fused-ring (bicyclic) bond motifs is 1. The van der Waals surface area contributed by atoms with Crippen molar-refractivity contribution < 1.29 is 14.3 Å². The van der Waals surface area contributed by atoms with Crippen LogP contribution in [0.2, 0.25) is 0 Å². The topological polar surface area (TPSA) is 43.4 Å². The molecule has 0 saturated carbocycles. The van der Waals surface area contributed by atoms with Gasteiger partial charge in [-0.15, -0.1) is 0 Å². The largest absolute Gasteiger partial charge is 0.465 e. The number of methoxy groups -OCH3 is 1. The third-order valence-electron chi connectivity index (χ3n) is 5.98. The van der Waals surface area contributed by atoms with Gasteiger partial charge in [0.25, 0.3) is 0 Å². The van der Waals surface area contributed by atoms with E-state index in [1.165, 1.54) is 29.4 Å². The summed E-state index contributed by atoms with van der Waals surface area (Å²) < 4.78 is 4.78. The van der Waals surface area contributed by atoms with E-state index < -0.39 is 5.97 Å². The smallest absolute Gasteiger partial charge is 0.338 e. The zero-order valence-electron chi connectivity index (χ0n) is 17.5. The number of carbonyl (C=O) groups excluding carboxylic acids is 2. The van der Waals surface area contributed by atoms with Crippen LogP contribution in [0.15, 0.2) is 77.9 Å². The van der Waals surface area contributed by atoms with E-state index in [1.54, 1.807) is 6.08 Å². The summed E-state index contributed by atoms with van der Waals surface area (Å²) in [6.07, 6.45) is 7.21. The van der Waals surface area contributed by atoms with Gasteiger partial charge in [0, 0.05) is 6.42 Å². The Bertz CT molecular complexity index is 1150. The second-order valence-corrected chi connectivity index (χ2v) is 8.35. The van der Waals surface area contributed by atoms with Crippen LogP contribution in [0, 0.1) is 0 Å². The molecule has 0 bridgehead atoms. The zero-order chi connectivity index (χ0) is 21.3. The molecule has 0 spiro atoms. The second kappa shape index (κ2) is 7.78. The van der Waals surface area contributed by atoms with Gasteiger partial charge in [-0.2, -0.15) is 0 Å². The summed E-state index contributed by atoms with van der Waals surface area (Å²) in [6.45, 7) is 4.53. The Morgan fingerprint density at radius 2 is 1.80 bits per heavy atom. The number of hydrogen-bond donors (Lipinski definition) is 0. The van der Waals surface area contributed by atoms with Crippen LogP contribution in [0.3, 0.4) is 0 Å². The third-order valence-corrected chi connectivity index (χ3v) is 5.98. The lowest BCUT2D eigenvalue weighted by molar-refractivity contribution is -0.135. The number of allylic oxidation sites excluding steroid dienone is 4. The average molecular weight is 396 g/mol. The fraction of sp³-hybridized carbons (Fsp3) is 0.222. The van der Waals surface area contributed by atoms with Crippen molar-refractivity contribution in [1.29, 1.82) is 0 Å². The van der Waals surface area contributed by atoms with Gasteiger partial charge in [0.2, 0.25) is 0 Å². The normalized spacial score (nSPS) is 17.2. The Hall–Kier alpha value is -3.42. The lowest BCUT2D eigenvalue weighted by Gasteiger charge is -2.33. The molecule has 0 N–H and O–H groups in total. The standard InChI is InChI=1S/C27H24O3/c1-27(2)14-13-22(18-7-5-4-6-8-18)24-16-20(10-12-25(24)27)19-9-11-23(26(29)30-3)21(15-19)17-28/h4-13,16H,14-15H2,1-3H3. The van der Waals surface area contributed by atoms with Gasteiger partial charge in [-0.25, -0.2) is 9.59 Å². The molecule has 0 fully saturated rings. The molecule has 0 radical (unpaired) electrons. The fourth-order valence-corrected chi connectivity index (χ4v) is 4.24. The summed E-state index contributed by atoms with van der Waals surface area (Å²) in [4.78, 5) is 23.4. The highest BCUT2D eigenvalue weighted by atomic mass is 16.5. The van der Waals surface area contributed by atoms with Gasteiger partial charge in [0.1, 0.15) is 5.94 Å². The minimum Gasteiger partial charge on any atom is -0.465 e. The van der Waals surface area contributed by atoms with Gasteiger partial charge in [-0.05, 0) is 57.4 Å². The molecule has 2 aromatic carbocycles. The van der Waals surface area contributed by atoms with Crippen LogP contribution in [0.25, 0.3) is 11.1 Å². The highest BCUT2D eigenvalue weighted by Gasteiger charge is 2.29. The number of rotatable bonds is 3. The minimum absolute atomic E-state index is 0.0545. The van der Waals surface area contributed by atoms with Crippen LogP contribution >= 0.6 is 0 Å². The summed E-state index contributed by atoms with van der Waals surface area (Å²) in [5.41, 5.74) is 7.66. The molecule has 3 nitrogen and oxygen atoms in total. The second-order valence-electron chi connectivity index (χ2n) is 8.35. The van der Waals surface area contributed by atoms with Crippen LogP contribution < -0.4 is 0 Å². The average Bonchev–Trinajstić information content (AvgIpc) is 2.78. The Morgan fingerprint density at radius 3 is 2.50 bits per heavy atom. The van der Waals surface area contributed by atoms with Crippen molar-refractivity contribution in [2.75, 3.05) is 7.11 Å².